The fraction of sp³-hybridized carbons (Fsp3) is 0.273. The minimum atomic E-state index is -0.583. The van der Waals surface area contributed by atoms with Gasteiger partial charge in [0.15, 0.2) is 11.5 Å². The van der Waals surface area contributed by atoms with Crippen LogP contribution in [0, 0.1) is 6.92 Å². The van der Waals surface area contributed by atoms with Crippen LogP contribution in [0.25, 0.3) is 10.9 Å². The number of anilines is 2. The predicted molar refractivity (Wildman–Crippen MR) is 164 cm³/mol. The molecule has 1 aromatic heterocycles. The van der Waals surface area contributed by atoms with Crippen LogP contribution in [-0.2, 0) is 11.3 Å². The molecule has 0 fully saturated rings. The highest BCUT2D eigenvalue weighted by molar-refractivity contribution is 6.08. The number of nitrogens with one attached hydrogen (secondary N) is 2. The first kappa shape index (κ1) is 29.4. The van der Waals surface area contributed by atoms with Crippen molar-refractivity contribution in [1.29, 1.82) is 0 Å². The van der Waals surface area contributed by atoms with Crippen LogP contribution < -0.4 is 20.1 Å². The van der Waals surface area contributed by atoms with Crippen LogP contribution in [0.5, 0.6) is 11.5 Å². The second kappa shape index (κ2) is 12.0. The van der Waals surface area contributed by atoms with Crippen molar-refractivity contribution in [3.8, 4) is 11.5 Å². The van der Waals surface area contributed by atoms with Crippen molar-refractivity contribution in [3.63, 3.8) is 0 Å². The first-order valence-electron chi connectivity index (χ1n) is 13.9. The fourth-order valence-electron chi connectivity index (χ4n) is 4.46. The molecule has 10 nitrogen and oxygen atoms in total. The van der Waals surface area contributed by atoms with E-state index in [1.807, 2.05) is 45.9 Å². The molecular weight excluding hydrogens is 548 g/mol. The number of amides is 3. The number of aryl methyl sites for hydroxylation is 1. The van der Waals surface area contributed by atoms with Gasteiger partial charge in [0.2, 0.25) is 0 Å². The van der Waals surface area contributed by atoms with E-state index in [1.165, 1.54) is 4.90 Å². The van der Waals surface area contributed by atoms with Crippen LogP contribution >= 0.6 is 0 Å². The van der Waals surface area contributed by atoms with Gasteiger partial charge in [-0.1, -0.05) is 12.1 Å². The summed E-state index contributed by atoms with van der Waals surface area (Å²) in [7, 11) is 1.66. The van der Waals surface area contributed by atoms with Crippen molar-refractivity contribution in [2.24, 2.45) is 0 Å². The zero-order chi connectivity index (χ0) is 30.7. The summed E-state index contributed by atoms with van der Waals surface area (Å²) in [6.45, 7) is 8.53. The van der Waals surface area contributed by atoms with Gasteiger partial charge >= 0.3 is 6.09 Å². The Hall–Kier alpha value is -5.12. The molecule has 0 saturated heterocycles. The van der Waals surface area contributed by atoms with Gasteiger partial charge in [-0.15, -0.1) is 0 Å². The summed E-state index contributed by atoms with van der Waals surface area (Å²) in [4.78, 5) is 44.5. The van der Waals surface area contributed by atoms with Crippen LogP contribution in [-0.4, -0.2) is 53.7 Å². The Morgan fingerprint density at radius 1 is 0.860 bits per heavy atom. The Kier molecular flexibility index (Phi) is 8.20. The Bertz CT molecular complexity index is 1710. The first-order chi connectivity index (χ1) is 20.4. The third-order valence-corrected chi connectivity index (χ3v) is 6.66. The van der Waals surface area contributed by atoms with Crippen molar-refractivity contribution in [2.75, 3.05) is 30.9 Å². The van der Waals surface area contributed by atoms with Crippen molar-refractivity contribution in [2.45, 2.75) is 39.8 Å². The minimum absolute atomic E-state index is 0.286. The minimum Gasteiger partial charge on any atom is -0.486 e. The molecule has 1 aliphatic heterocycles. The lowest BCUT2D eigenvalue weighted by atomic mass is 10.1. The summed E-state index contributed by atoms with van der Waals surface area (Å²) in [6.07, 6.45) is -0.427. The topological polar surface area (TPSA) is 119 Å². The zero-order valence-electron chi connectivity index (χ0n) is 24.8. The van der Waals surface area contributed by atoms with Crippen LogP contribution in [0.3, 0.4) is 0 Å². The quantitative estimate of drug-likeness (QED) is 0.278. The van der Waals surface area contributed by atoms with Crippen molar-refractivity contribution in [1.82, 2.24) is 9.88 Å². The highest BCUT2D eigenvalue weighted by Gasteiger charge is 2.20. The summed E-state index contributed by atoms with van der Waals surface area (Å²) < 4.78 is 16.5. The maximum atomic E-state index is 13.2. The number of carbonyl (C=O) groups excluding carboxylic acids is 3. The molecule has 2 heterocycles. The van der Waals surface area contributed by atoms with Crippen LogP contribution in [0.2, 0.25) is 0 Å². The van der Waals surface area contributed by atoms with Gasteiger partial charge in [-0.2, -0.15) is 0 Å². The highest BCUT2D eigenvalue weighted by Crippen LogP contribution is 2.31. The molecule has 10 heteroatoms. The lowest BCUT2D eigenvalue weighted by Crippen LogP contribution is -2.34. The average Bonchev–Trinajstić information content (AvgIpc) is 2.97. The number of pyridine rings is 1. The summed E-state index contributed by atoms with van der Waals surface area (Å²) >= 11 is 0. The fourth-order valence-corrected chi connectivity index (χ4v) is 4.46. The molecule has 43 heavy (non-hydrogen) atoms. The molecular formula is C33H34N4O6. The van der Waals surface area contributed by atoms with Gasteiger partial charge in [-0.05, 0) is 87.9 Å². The Balaban J connectivity index is 1.25. The number of carbonyl (C=O) groups is 3. The maximum Gasteiger partial charge on any atom is 0.410 e. The van der Waals surface area contributed by atoms with Gasteiger partial charge < -0.3 is 29.7 Å². The molecule has 0 saturated carbocycles. The summed E-state index contributed by atoms with van der Waals surface area (Å²) in [5, 5.41) is 6.61. The van der Waals surface area contributed by atoms with Crippen molar-refractivity contribution >= 4 is 40.2 Å². The number of benzene rings is 3. The van der Waals surface area contributed by atoms with E-state index in [1.54, 1.807) is 55.6 Å². The van der Waals surface area contributed by atoms with Crippen molar-refractivity contribution < 1.29 is 28.6 Å². The van der Waals surface area contributed by atoms with Crippen LogP contribution in [0.1, 0.15) is 52.7 Å². The first-order valence-corrected chi connectivity index (χ1v) is 13.9. The number of fused-ring (bicyclic) bond motifs is 2. The van der Waals surface area contributed by atoms with E-state index < -0.39 is 11.7 Å². The number of hydrogen-bond donors (Lipinski definition) is 2. The van der Waals surface area contributed by atoms with E-state index in [-0.39, 0.29) is 18.4 Å². The number of nitrogens with zero attached hydrogens (tertiary/aromatic N) is 2. The van der Waals surface area contributed by atoms with E-state index in [0.717, 1.165) is 10.9 Å². The Morgan fingerprint density at radius 2 is 1.56 bits per heavy atom. The molecule has 3 aromatic carbocycles. The molecule has 3 amide bonds. The van der Waals surface area contributed by atoms with Gasteiger partial charge in [-0.3, -0.25) is 14.6 Å². The Morgan fingerprint density at radius 3 is 2.33 bits per heavy atom. The maximum absolute atomic E-state index is 13.2. The molecule has 4 aromatic rings. The number of aromatic nitrogens is 1. The third-order valence-electron chi connectivity index (χ3n) is 6.66. The molecule has 0 atom stereocenters. The molecule has 0 bridgehead atoms. The lowest BCUT2D eigenvalue weighted by molar-refractivity contribution is 0.0283. The molecule has 0 aliphatic carbocycles. The van der Waals surface area contributed by atoms with Gasteiger partial charge in [0.05, 0.1) is 17.8 Å². The van der Waals surface area contributed by atoms with Crippen molar-refractivity contribution in [3.05, 3.63) is 89.1 Å². The molecule has 0 radical (unpaired) electrons. The van der Waals surface area contributed by atoms with Gasteiger partial charge in [0, 0.05) is 34.9 Å². The summed E-state index contributed by atoms with van der Waals surface area (Å²) in [5.41, 5.74) is 3.65. The zero-order valence-corrected chi connectivity index (χ0v) is 24.8. The van der Waals surface area contributed by atoms with E-state index in [4.69, 9.17) is 14.2 Å². The van der Waals surface area contributed by atoms with E-state index in [9.17, 15) is 14.4 Å². The number of ether oxygens (including phenoxy) is 3. The highest BCUT2D eigenvalue weighted by atomic mass is 16.6. The van der Waals surface area contributed by atoms with Gasteiger partial charge in [-0.25, -0.2) is 4.79 Å². The lowest BCUT2D eigenvalue weighted by Gasteiger charge is -2.24. The van der Waals surface area contributed by atoms with E-state index in [2.05, 4.69) is 15.6 Å². The average molecular weight is 583 g/mol. The van der Waals surface area contributed by atoms with Crippen LogP contribution in [0.15, 0.2) is 66.7 Å². The molecule has 0 unspecified atom stereocenters. The predicted octanol–water partition coefficient (Wildman–Crippen LogP) is 6.19. The summed E-state index contributed by atoms with van der Waals surface area (Å²) in [6, 6.07) is 19.3. The number of rotatable bonds is 6. The largest absolute Gasteiger partial charge is 0.486 e. The normalized spacial score (nSPS) is 12.4. The van der Waals surface area contributed by atoms with E-state index >= 15 is 0 Å². The van der Waals surface area contributed by atoms with Gasteiger partial charge in [0.1, 0.15) is 18.8 Å². The molecule has 2 N–H and O–H groups in total. The number of hydrogen-bond acceptors (Lipinski definition) is 7. The van der Waals surface area contributed by atoms with E-state index in [0.29, 0.717) is 58.4 Å². The molecule has 222 valence electrons. The molecule has 5 rings (SSSR count). The second-order valence-electron chi connectivity index (χ2n) is 11.3. The third kappa shape index (κ3) is 7.21. The van der Waals surface area contributed by atoms with Gasteiger partial charge in [0.25, 0.3) is 11.8 Å². The second-order valence-corrected chi connectivity index (χ2v) is 11.3. The molecule has 1 aliphatic rings. The smallest absolute Gasteiger partial charge is 0.410 e. The summed E-state index contributed by atoms with van der Waals surface area (Å²) in [5.74, 6) is 0.537. The monoisotopic (exact) mass is 582 g/mol. The SMILES string of the molecule is Cc1ccc(NC(=O)c2ccc3c(c2)OCCO3)cc1NC(=O)c1ccc2nc(CN(C)C(=O)OC(C)(C)C)ccc2c1. The standard InChI is InChI=1S/C33H34N4O6/c1-20-6-10-24(35-30(38)23-9-13-28-29(17-23)42-15-14-41-28)18-27(20)36-31(39)22-8-12-26-21(16-22)7-11-25(34-26)19-37(5)32(40)43-33(2,3)4/h6-13,16-18H,14-15,19H2,1-5H3,(H,35,38)(H,36,39). The van der Waals surface area contributed by atoms with Crippen LogP contribution in [0.4, 0.5) is 16.2 Å². The Labute approximate surface area is 250 Å². The molecule has 0 spiro atoms.